The molecule has 0 fully saturated rings. The second-order valence-electron chi connectivity index (χ2n) is 4.60. The minimum atomic E-state index is -0.687. The van der Waals surface area contributed by atoms with E-state index in [-0.39, 0.29) is 23.6 Å². The molecule has 0 saturated carbocycles. The molecule has 2 rings (SSSR count). The molecule has 1 aromatic heterocycles. The number of rotatable bonds is 4. The maximum Gasteiger partial charge on any atom is 0.271 e. The van der Waals surface area contributed by atoms with Gasteiger partial charge in [0.15, 0.2) is 0 Å². The minimum Gasteiger partial charge on any atom is -0.364 e. The van der Waals surface area contributed by atoms with Crippen LogP contribution >= 0.6 is 11.6 Å². The van der Waals surface area contributed by atoms with E-state index in [1.165, 1.54) is 18.3 Å². The van der Waals surface area contributed by atoms with Gasteiger partial charge in [0.1, 0.15) is 5.69 Å². The normalized spacial score (nSPS) is 9.96. The lowest BCUT2D eigenvalue weighted by Gasteiger charge is -2.07. The van der Waals surface area contributed by atoms with Gasteiger partial charge in [0.05, 0.1) is 12.0 Å². The first-order valence-electron chi connectivity index (χ1n) is 6.55. The van der Waals surface area contributed by atoms with E-state index >= 15 is 0 Å². The molecule has 1 heterocycles. The van der Waals surface area contributed by atoms with E-state index in [4.69, 9.17) is 17.3 Å². The predicted molar refractivity (Wildman–Crippen MR) is 83.5 cm³/mol. The van der Waals surface area contributed by atoms with Gasteiger partial charge in [0.25, 0.3) is 11.8 Å². The van der Waals surface area contributed by atoms with Crippen LogP contribution in [-0.4, -0.2) is 22.7 Å². The predicted octanol–water partition coefficient (Wildman–Crippen LogP) is 0.838. The summed E-state index contributed by atoms with van der Waals surface area (Å²) in [6.07, 6.45) is 1.29. The number of amides is 3. The van der Waals surface area contributed by atoms with Crippen LogP contribution in [0.5, 0.6) is 0 Å². The Kier molecular flexibility index (Phi) is 5.27. The Bertz CT molecular complexity index is 729. The zero-order valence-electron chi connectivity index (χ0n) is 11.9. The molecule has 0 bridgehead atoms. The molecule has 0 spiro atoms. The van der Waals surface area contributed by atoms with Crippen LogP contribution in [0.25, 0.3) is 0 Å². The van der Waals surface area contributed by atoms with Crippen LogP contribution in [-0.2, 0) is 11.2 Å². The van der Waals surface area contributed by atoms with Crippen LogP contribution in [0.2, 0.25) is 5.02 Å². The molecule has 0 atom stereocenters. The zero-order valence-corrected chi connectivity index (χ0v) is 12.6. The van der Waals surface area contributed by atoms with Crippen LogP contribution in [0.15, 0.2) is 42.6 Å². The summed E-state index contributed by atoms with van der Waals surface area (Å²) >= 11 is 5.76. The molecule has 23 heavy (non-hydrogen) atoms. The SMILES string of the molecule is NC(=O)c1ccc(C(=O)NNC(=O)Cc2ccc(Cl)cc2)cn1. The highest BCUT2D eigenvalue weighted by molar-refractivity contribution is 6.30. The molecule has 3 amide bonds. The van der Waals surface area contributed by atoms with Crippen molar-refractivity contribution in [1.29, 1.82) is 0 Å². The summed E-state index contributed by atoms with van der Waals surface area (Å²) in [5.41, 5.74) is 10.6. The number of pyridine rings is 1. The van der Waals surface area contributed by atoms with Crippen molar-refractivity contribution in [2.75, 3.05) is 0 Å². The van der Waals surface area contributed by atoms with Crippen LogP contribution in [0.3, 0.4) is 0 Å². The number of nitrogens with zero attached hydrogens (tertiary/aromatic N) is 1. The number of benzene rings is 1. The van der Waals surface area contributed by atoms with Crippen molar-refractivity contribution < 1.29 is 14.4 Å². The molecule has 7 nitrogen and oxygen atoms in total. The van der Waals surface area contributed by atoms with E-state index in [1.807, 2.05) is 0 Å². The van der Waals surface area contributed by atoms with Gasteiger partial charge in [-0.15, -0.1) is 0 Å². The highest BCUT2D eigenvalue weighted by atomic mass is 35.5. The molecule has 1 aromatic carbocycles. The molecule has 8 heteroatoms. The van der Waals surface area contributed by atoms with E-state index < -0.39 is 11.8 Å². The lowest BCUT2D eigenvalue weighted by atomic mass is 10.1. The second kappa shape index (κ2) is 7.37. The van der Waals surface area contributed by atoms with Gasteiger partial charge in [-0.05, 0) is 29.8 Å². The number of primary amides is 1. The van der Waals surface area contributed by atoms with Gasteiger partial charge in [0.2, 0.25) is 5.91 Å². The third-order valence-electron chi connectivity index (χ3n) is 2.87. The molecule has 0 aliphatic heterocycles. The number of nitrogens with one attached hydrogen (secondary N) is 2. The zero-order chi connectivity index (χ0) is 16.8. The molecular weight excluding hydrogens is 320 g/mol. The molecule has 0 saturated heterocycles. The van der Waals surface area contributed by atoms with Gasteiger partial charge >= 0.3 is 0 Å². The lowest BCUT2D eigenvalue weighted by Crippen LogP contribution is -2.42. The molecular formula is C15H13ClN4O3. The number of carbonyl (C=O) groups is 3. The molecule has 0 radical (unpaired) electrons. The van der Waals surface area contributed by atoms with Crippen molar-refractivity contribution in [2.45, 2.75) is 6.42 Å². The highest BCUT2D eigenvalue weighted by Crippen LogP contribution is 2.09. The number of hydrazine groups is 1. The van der Waals surface area contributed by atoms with Crippen molar-refractivity contribution in [2.24, 2.45) is 5.73 Å². The van der Waals surface area contributed by atoms with Gasteiger partial charge < -0.3 is 5.73 Å². The van der Waals surface area contributed by atoms with Gasteiger partial charge in [-0.2, -0.15) is 0 Å². The van der Waals surface area contributed by atoms with E-state index in [1.54, 1.807) is 24.3 Å². The Hall–Kier alpha value is -2.93. The summed E-state index contributed by atoms with van der Waals surface area (Å²) in [4.78, 5) is 38.2. The molecule has 0 unspecified atom stereocenters. The summed E-state index contributed by atoms with van der Waals surface area (Å²) in [6, 6.07) is 9.50. The quantitative estimate of drug-likeness (QED) is 0.720. The number of hydrogen-bond donors (Lipinski definition) is 3. The number of carbonyl (C=O) groups excluding carboxylic acids is 3. The Balaban J connectivity index is 1.87. The van der Waals surface area contributed by atoms with Crippen LogP contribution in [0.1, 0.15) is 26.4 Å². The third-order valence-corrected chi connectivity index (χ3v) is 3.12. The largest absolute Gasteiger partial charge is 0.364 e. The third kappa shape index (κ3) is 4.79. The lowest BCUT2D eigenvalue weighted by molar-refractivity contribution is -0.121. The highest BCUT2D eigenvalue weighted by Gasteiger charge is 2.10. The Morgan fingerprint density at radius 1 is 1.04 bits per heavy atom. The number of hydrogen-bond acceptors (Lipinski definition) is 4. The molecule has 0 aliphatic carbocycles. The van der Waals surface area contributed by atoms with Crippen molar-refractivity contribution in [1.82, 2.24) is 15.8 Å². The van der Waals surface area contributed by atoms with Crippen LogP contribution in [0, 0.1) is 0 Å². The van der Waals surface area contributed by atoms with Gasteiger partial charge in [-0.25, -0.2) is 0 Å². The van der Waals surface area contributed by atoms with Gasteiger partial charge in [0, 0.05) is 11.2 Å². The van der Waals surface area contributed by atoms with Gasteiger partial charge in [-0.1, -0.05) is 23.7 Å². The Labute approximate surface area is 136 Å². The Morgan fingerprint density at radius 3 is 2.30 bits per heavy atom. The Morgan fingerprint density at radius 2 is 1.74 bits per heavy atom. The van der Waals surface area contributed by atoms with E-state index in [9.17, 15) is 14.4 Å². The fourth-order valence-corrected chi connectivity index (χ4v) is 1.83. The average molecular weight is 333 g/mol. The maximum absolute atomic E-state index is 11.8. The number of aromatic nitrogens is 1. The smallest absolute Gasteiger partial charge is 0.271 e. The van der Waals surface area contributed by atoms with Crippen LogP contribution < -0.4 is 16.6 Å². The first-order valence-corrected chi connectivity index (χ1v) is 6.93. The summed E-state index contributed by atoms with van der Waals surface area (Å²) < 4.78 is 0. The van der Waals surface area contributed by atoms with Crippen molar-refractivity contribution in [3.05, 3.63) is 64.4 Å². The van der Waals surface area contributed by atoms with E-state index in [2.05, 4.69) is 15.8 Å². The summed E-state index contributed by atoms with van der Waals surface area (Å²) in [7, 11) is 0. The van der Waals surface area contributed by atoms with Crippen molar-refractivity contribution in [3.63, 3.8) is 0 Å². The monoisotopic (exact) mass is 332 g/mol. The average Bonchev–Trinajstić information content (AvgIpc) is 2.55. The maximum atomic E-state index is 11.8. The van der Waals surface area contributed by atoms with E-state index in [0.29, 0.717) is 5.02 Å². The second-order valence-corrected chi connectivity index (χ2v) is 5.04. The van der Waals surface area contributed by atoms with E-state index in [0.717, 1.165) is 5.56 Å². The molecule has 118 valence electrons. The van der Waals surface area contributed by atoms with Crippen molar-refractivity contribution in [3.8, 4) is 0 Å². The fourth-order valence-electron chi connectivity index (χ4n) is 1.70. The standard InChI is InChI=1S/C15H13ClN4O3/c16-11-4-1-9(2-5-11)7-13(21)19-20-15(23)10-3-6-12(14(17)22)18-8-10/h1-6,8H,7H2,(H2,17,22)(H,19,21)(H,20,23). The number of nitrogens with two attached hydrogens (primary N) is 1. The number of halogens is 1. The summed E-state index contributed by atoms with van der Waals surface area (Å²) in [5, 5.41) is 0.578. The topological polar surface area (TPSA) is 114 Å². The van der Waals surface area contributed by atoms with Crippen molar-refractivity contribution >= 4 is 29.3 Å². The van der Waals surface area contributed by atoms with Crippen LogP contribution in [0.4, 0.5) is 0 Å². The first kappa shape index (κ1) is 16.4. The minimum absolute atomic E-state index is 0.0494. The first-order chi connectivity index (χ1) is 11.0. The molecule has 2 aromatic rings. The molecule has 4 N–H and O–H groups in total. The molecule has 0 aliphatic rings. The fraction of sp³-hybridized carbons (Fsp3) is 0.0667. The summed E-state index contributed by atoms with van der Waals surface area (Å²) in [6.45, 7) is 0. The van der Waals surface area contributed by atoms with Gasteiger partial charge in [-0.3, -0.25) is 30.2 Å². The summed E-state index contributed by atoms with van der Waals surface area (Å²) in [5.74, 6) is -1.63.